The number of carbonyl (C=O) groups excluding carboxylic acids is 3. The van der Waals surface area contributed by atoms with Crippen LogP contribution >= 0.6 is 0 Å². The first-order valence-electron chi connectivity index (χ1n) is 9.70. The molecule has 156 valence electrons. The molecule has 30 heavy (non-hydrogen) atoms. The van der Waals surface area contributed by atoms with Crippen molar-refractivity contribution in [1.82, 2.24) is 5.32 Å². The Balaban J connectivity index is 1.35. The van der Waals surface area contributed by atoms with Crippen molar-refractivity contribution >= 4 is 29.5 Å². The number of methoxy groups -OCH3 is 1. The maximum Gasteiger partial charge on any atom is 0.308 e. The maximum atomic E-state index is 12.3. The van der Waals surface area contributed by atoms with Crippen LogP contribution in [0.4, 0.5) is 5.69 Å². The quantitative estimate of drug-likeness (QED) is 0.535. The number of benzene rings is 2. The Morgan fingerprint density at radius 2 is 1.87 bits per heavy atom. The van der Waals surface area contributed by atoms with Gasteiger partial charge in [-0.15, -0.1) is 0 Å². The second kappa shape index (κ2) is 10.2. The van der Waals surface area contributed by atoms with Gasteiger partial charge in [0.05, 0.1) is 13.5 Å². The van der Waals surface area contributed by atoms with Gasteiger partial charge in [-0.1, -0.05) is 30.3 Å². The first kappa shape index (κ1) is 21.1. The van der Waals surface area contributed by atoms with Crippen molar-refractivity contribution in [3.63, 3.8) is 0 Å². The molecule has 1 aliphatic heterocycles. The molecule has 2 aromatic rings. The first-order valence-corrected chi connectivity index (χ1v) is 9.70. The van der Waals surface area contributed by atoms with Crippen molar-refractivity contribution in [2.75, 3.05) is 31.7 Å². The number of hydrogen-bond acceptors (Lipinski definition) is 5. The van der Waals surface area contributed by atoms with Gasteiger partial charge in [0.1, 0.15) is 5.75 Å². The monoisotopic (exact) mass is 408 g/mol. The van der Waals surface area contributed by atoms with E-state index in [1.807, 2.05) is 36.4 Å². The Hall–Kier alpha value is -3.61. The van der Waals surface area contributed by atoms with E-state index in [4.69, 9.17) is 9.47 Å². The van der Waals surface area contributed by atoms with Crippen molar-refractivity contribution in [2.24, 2.45) is 0 Å². The molecule has 0 saturated heterocycles. The molecule has 0 fully saturated rings. The van der Waals surface area contributed by atoms with Gasteiger partial charge in [0.2, 0.25) is 5.91 Å². The summed E-state index contributed by atoms with van der Waals surface area (Å²) in [6, 6.07) is 14.9. The number of nitrogens with zero attached hydrogens (tertiary/aromatic N) is 1. The molecular formula is C23H24N2O5. The average Bonchev–Trinajstić information content (AvgIpc) is 3.20. The van der Waals surface area contributed by atoms with E-state index in [0.717, 1.165) is 29.0 Å². The standard InChI is InChI=1S/C23H24N2O5/c1-29-19-9-6-17(7-10-19)8-11-21(26)24-14-12-23(28)30-16-22(27)25-15-13-18-4-2-3-5-20(18)25/h2-11H,12-16H2,1H3,(H,24,26)/b11-8+. The third-order valence-corrected chi connectivity index (χ3v) is 4.72. The molecule has 3 rings (SSSR count). The summed E-state index contributed by atoms with van der Waals surface area (Å²) in [6.07, 6.45) is 3.85. The summed E-state index contributed by atoms with van der Waals surface area (Å²) in [6.45, 7) is 0.413. The molecule has 1 aliphatic rings. The Kier molecular flexibility index (Phi) is 7.21. The zero-order valence-corrected chi connectivity index (χ0v) is 16.8. The molecule has 1 N–H and O–H groups in total. The van der Waals surface area contributed by atoms with Crippen LogP contribution in [0.5, 0.6) is 5.75 Å². The highest BCUT2D eigenvalue weighted by atomic mass is 16.5. The van der Waals surface area contributed by atoms with Crippen LogP contribution in [0.25, 0.3) is 6.08 Å². The number of nitrogens with one attached hydrogen (secondary N) is 1. The zero-order chi connectivity index (χ0) is 21.3. The Morgan fingerprint density at radius 3 is 2.63 bits per heavy atom. The van der Waals surface area contributed by atoms with E-state index in [-0.39, 0.29) is 31.4 Å². The van der Waals surface area contributed by atoms with Crippen LogP contribution in [0, 0.1) is 0 Å². The van der Waals surface area contributed by atoms with E-state index in [9.17, 15) is 14.4 Å². The van der Waals surface area contributed by atoms with Crippen LogP contribution in [0.2, 0.25) is 0 Å². The number of ether oxygens (including phenoxy) is 2. The van der Waals surface area contributed by atoms with E-state index >= 15 is 0 Å². The van der Waals surface area contributed by atoms with Gasteiger partial charge in [0, 0.05) is 24.9 Å². The normalized spacial score (nSPS) is 12.5. The Morgan fingerprint density at radius 1 is 1.10 bits per heavy atom. The number of esters is 1. The van der Waals surface area contributed by atoms with Crippen molar-refractivity contribution in [3.8, 4) is 5.75 Å². The molecule has 7 nitrogen and oxygen atoms in total. The molecule has 0 atom stereocenters. The van der Waals surface area contributed by atoms with Crippen molar-refractivity contribution in [1.29, 1.82) is 0 Å². The number of carbonyl (C=O) groups is 3. The lowest BCUT2D eigenvalue weighted by molar-refractivity contribution is -0.147. The lowest BCUT2D eigenvalue weighted by Gasteiger charge is -2.17. The molecule has 0 spiro atoms. The molecule has 0 aromatic heterocycles. The maximum absolute atomic E-state index is 12.3. The summed E-state index contributed by atoms with van der Waals surface area (Å²) in [7, 11) is 1.59. The number of anilines is 1. The zero-order valence-electron chi connectivity index (χ0n) is 16.8. The SMILES string of the molecule is COc1ccc(/C=C/C(=O)NCCC(=O)OCC(=O)N2CCc3ccccc32)cc1. The Bertz CT molecular complexity index is 937. The van der Waals surface area contributed by atoms with Gasteiger partial charge in [-0.3, -0.25) is 14.4 Å². The fourth-order valence-electron chi connectivity index (χ4n) is 3.12. The summed E-state index contributed by atoms with van der Waals surface area (Å²) in [5, 5.41) is 2.62. The fourth-order valence-corrected chi connectivity index (χ4v) is 3.12. The van der Waals surface area contributed by atoms with Crippen molar-refractivity contribution < 1.29 is 23.9 Å². The summed E-state index contributed by atoms with van der Waals surface area (Å²) >= 11 is 0. The highest BCUT2D eigenvalue weighted by molar-refractivity contribution is 5.97. The van der Waals surface area contributed by atoms with Gasteiger partial charge < -0.3 is 19.7 Å². The van der Waals surface area contributed by atoms with Gasteiger partial charge >= 0.3 is 5.97 Å². The van der Waals surface area contributed by atoms with Crippen LogP contribution in [0.1, 0.15) is 17.5 Å². The third kappa shape index (κ3) is 5.70. The smallest absolute Gasteiger partial charge is 0.308 e. The summed E-state index contributed by atoms with van der Waals surface area (Å²) in [5.74, 6) is -0.360. The van der Waals surface area contributed by atoms with Gasteiger partial charge in [0.15, 0.2) is 6.61 Å². The predicted octanol–water partition coefficient (Wildman–Crippen LogP) is 2.35. The molecule has 2 amide bonds. The second-order valence-electron chi connectivity index (χ2n) is 6.73. The molecule has 2 aromatic carbocycles. The molecular weight excluding hydrogens is 384 g/mol. The van der Waals surface area contributed by atoms with Gasteiger partial charge in [-0.25, -0.2) is 0 Å². The molecule has 0 unspecified atom stereocenters. The highest BCUT2D eigenvalue weighted by Gasteiger charge is 2.24. The van der Waals surface area contributed by atoms with Gasteiger partial charge in [-0.05, 0) is 41.8 Å². The molecule has 0 aliphatic carbocycles. The minimum atomic E-state index is -0.532. The topological polar surface area (TPSA) is 84.9 Å². The van der Waals surface area contributed by atoms with Crippen molar-refractivity contribution in [2.45, 2.75) is 12.8 Å². The lowest BCUT2D eigenvalue weighted by atomic mass is 10.2. The van der Waals surface area contributed by atoms with Crippen molar-refractivity contribution in [3.05, 3.63) is 65.7 Å². The van der Waals surface area contributed by atoms with Crippen LogP contribution in [-0.2, 0) is 25.5 Å². The molecule has 0 radical (unpaired) electrons. The van der Waals surface area contributed by atoms with Gasteiger partial charge in [0.25, 0.3) is 5.91 Å². The van der Waals surface area contributed by atoms with E-state index in [2.05, 4.69) is 5.32 Å². The average molecular weight is 408 g/mol. The summed E-state index contributed by atoms with van der Waals surface area (Å²) < 4.78 is 10.1. The molecule has 1 heterocycles. The number of fused-ring (bicyclic) bond motifs is 1. The number of amides is 2. The third-order valence-electron chi connectivity index (χ3n) is 4.72. The largest absolute Gasteiger partial charge is 0.497 e. The minimum absolute atomic E-state index is 0.00795. The predicted molar refractivity (Wildman–Crippen MR) is 113 cm³/mol. The van der Waals surface area contributed by atoms with E-state index in [0.29, 0.717) is 6.54 Å². The van der Waals surface area contributed by atoms with E-state index in [1.165, 1.54) is 6.08 Å². The molecule has 0 saturated carbocycles. The summed E-state index contributed by atoms with van der Waals surface area (Å²) in [4.78, 5) is 37.6. The minimum Gasteiger partial charge on any atom is -0.497 e. The fraction of sp³-hybridized carbons (Fsp3) is 0.261. The first-order chi connectivity index (χ1) is 14.6. The molecule has 0 bridgehead atoms. The number of hydrogen-bond donors (Lipinski definition) is 1. The lowest BCUT2D eigenvalue weighted by Crippen LogP contribution is -2.33. The highest BCUT2D eigenvalue weighted by Crippen LogP contribution is 2.27. The van der Waals surface area contributed by atoms with Crippen LogP contribution in [0.3, 0.4) is 0 Å². The van der Waals surface area contributed by atoms with Crippen LogP contribution < -0.4 is 15.0 Å². The van der Waals surface area contributed by atoms with Gasteiger partial charge in [-0.2, -0.15) is 0 Å². The van der Waals surface area contributed by atoms with Crippen LogP contribution in [-0.4, -0.2) is 44.6 Å². The molecule has 7 heteroatoms. The summed E-state index contributed by atoms with van der Waals surface area (Å²) in [5.41, 5.74) is 2.84. The second-order valence-corrected chi connectivity index (χ2v) is 6.73. The van der Waals surface area contributed by atoms with Crippen LogP contribution in [0.15, 0.2) is 54.6 Å². The Labute approximate surface area is 175 Å². The number of para-hydroxylation sites is 1. The van der Waals surface area contributed by atoms with E-state index in [1.54, 1.807) is 30.2 Å². The number of rotatable bonds is 8. The van der Waals surface area contributed by atoms with E-state index < -0.39 is 5.97 Å².